The van der Waals surface area contributed by atoms with Gasteiger partial charge >= 0.3 is 6.01 Å². The van der Waals surface area contributed by atoms with Gasteiger partial charge in [0, 0.05) is 6.20 Å². The normalized spacial score (nSPS) is 9.94. The van der Waals surface area contributed by atoms with Crippen LogP contribution in [0.25, 0.3) is 0 Å². The van der Waals surface area contributed by atoms with Gasteiger partial charge in [-0.3, -0.25) is 15.1 Å². The molecule has 0 atom stereocenters. The van der Waals surface area contributed by atoms with Gasteiger partial charge in [-0.25, -0.2) is 5.10 Å². The summed E-state index contributed by atoms with van der Waals surface area (Å²) in [7, 11) is 0. The average molecular weight is 233 g/mol. The predicted molar refractivity (Wildman–Crippen MR) is 59.7 cm³/mol. The molecule has 2 aromatic heterocycles. The van der Waals surface area contributed by atoms with E-state index in [1.165, 1.54) is 0 Å². The van der Waals surface area contributed by atoms with Crippen molar-refractivity contribution in [3.63, 3.8) is 0 Å². The zero-order valence-corrected chi connectivity index (χ0v) is 9.17. The first-order valence-corrected chi connectivity index (χ1v) is 5.07. The molecular formula is C10H11N5O2. The van der Waals surface area contributed by atoms with Crippen LogP contribution in [0.2, 0.25) is 0 Å². The molecule has 0 spiro atoms. The Labute approximate surface area is 97.2 Å². The lowest BCUT2D eigenvalue weighted by atomic mass is 10.3. The molecule has 0 unspecified atom stereocenters. The monoisotopic (exact) mass is 233 g/mol. The highest BCUT2D eigenvalue weighted by molar-refractivity contribution is 6.01. The molecule has 2 aromatic rings. The minimum absolute atomic E-state index is 0.198. The van der Waals surface area contributed by atoms with Crippen LogP contribution >= 0.6 is 0 Å². The molecule has 0 radical (unpaired) electrons. The van der Waals surface area contributed by atoms with Crippen molar-refractivity contribution in [2.45, 2.75) is 6.92 Å². The Kier molecular flexibility index (Phi) is 3.29. The zero-order valence-electron chi connectivity index (χ0n) is 9.17. The van der Waals surface area contributed by atoms with Crippen molar-refractivity contribution in [2.24, 2.45) is 0 Å². The van der Waals surface area contributed by atoms with E-state index in [-0.39, 0.29) is 17.9 Å². The van der Waals surface area contributed by atoms with E-state index in [1.807, 2.05) is 6.92 Å². The zero-order chi connectivity index (χ0) is 12.1. The van der Waals surface area contributed by atoms with Crippen LogP contribution in [-0.2, 0) is 0 Å². The first-order valence-electron chi connectivity index (χ1n) is 5.07. The van der Waals surface area contributed by atoms with Gasteiger partial charge in [0.25, 0.3) is 5.91 Å². The first kappa shape index (κ1) is 11.1. The fraction of sp³-hybridized carbons (Fsp3) is 0.200. The predicted octanol–water partition coefficient (Wildman–Crippen LogP) is 0.851. The van der Waals surface area contributed by atoms with Crippen molar-refractivity contribution < 1.29 is 9.53 Å². The second-order valence-electron chi connectivity index (χ2n) is 3.07. The Hall–Kier alpha value is -2.44. The number of hydrogen-bond acceptors (Lipinski definition) is 5. The van der Waals surface area contributed by atoms with Gasteiger partial charge < -0.3 is 4.74 Å². The van der Waals surface area contributed by atoms with Gasteiger partial charge in [0.15, 0.2) is 0 Å². The van der Waals surface area contributed by atoms with Gasteiger partial charge in [0.05, 0.1) is 6.61 Å². The van der Waals surface area contributed by atoms with Crippen molar-refractivity contribution >= 4 is 11.9 Å². The molecule has 88 valence electrons. The first-order chi connectivity index (χ1) is 8.29. The third kappa shape index (κ3) is 2.77. The van der Waals surface area contributed by atoms with Crippen LogP contribution in [0.3, 0.4) is 0 Å². The Bertz CT molecular complexity index is 496. The molecule has 0 aliphatic carbocycles. The van der Waals surface area contributed by atoms with E-state index in [1.54, 1.807) is 24.4 Å². The number of ether oxygens (including phenoxy) is 1. The molecule has 0 saturated carbocycles. The smallest absolute Gasteiger partial charge is 0.337 e. The molecule has 0 saturated heterocycles. The fourth-order valence-corrected chi connectivity index (χ4v) is 1.16. The largest absolute Gasteiger partial charge is 0.463 e. The molecule has 2 rings (SSSR count). The summed E-state index contributed by atoms with van der Waals surface area (Å²) >= 11 is 0. The summed E-state index contributed by atoms with van der Waals surface area (Å²) in [6.45, 7) is 2.29. The standard InChI is InChI=1S/C10H11N5O2/c1-2-17-10-13-9(14-15-10)12-8(16)7-5-3-4-6-11-7/h3-6H,2H2,1H3,(H2,12,13,14,15,16). The van der Waals surface area contributed by atoms with E-state index in [0.29, 0.717) is 12.3 Å². The van der Waals surface area contributed by atoms with Crippen molar-refractivity contribution in [1.82, 2.24) is 20.2 Å². The number of nitrogens with zero attached hydrogens (tertiary/aromatic N) is 3. The fourth-order valence-electron chi connectivity index (χ4n) is 1.16. The summed E-state index contributed by atoms with van der Waals surface area (Å²) in [6, 6.07) is 5.27. The lowest BCUT2D eigenvalue weighted by molar-refractivity contribution is 0.102. The van der Waals surface area contributed by atoms with Gasteiger partial charge in [-0.1, -0.05) is 6.07 Å². The minimum Gasteiger partial charge on any atom is -0.463 e. The topological polar surface area (TPSA) is 92.8 Å². The van der Waals surface area contributed by atoms with Crippen LogP contribution in [-0.4, -0.2) is 32.7 Å². The number of amides is 1. The third-order valence-electron chi connectivity index (χ3n) is 1.87. The van der Waals surface area contributed by atoms with Crippen LogP contribution < -0.4 is 10.1 Å². The second kappa shape index (κ2) is 5.06. The SMILES string of the molecule is CCOc1n[nH]c(NC(=O)c2ccccn2)n1. The number of carbonyl (C=O) groups excluding carboxylic acids is 1. The maximum absolute atomic E-state index is 11.7. The quantitative estimate of drug-likeness (QED) is 0.816. The molecule has 0 fully saturated rings. The number of anilines is 1. The Balaban J connectivity index is 2.03. The molecule has 2 N–H and O–H groups in total. The molecule has 0 aromatic carbocycles. The highest BCUT2D eigenvalue weighted by Crippen LogP contribution is 2.06. The summed E-state index contributed by atoms with van der Waals surface area (Å²) in [6.07, 6.45) is 1.54. The number of pyridine rings is 1. The summed E-state index contributed by atoms with van der Waals surface area (Å²) < 4.78 is 5.05. The highest BCUT2D eigenvalue weighted by atomic mass is 16.5. The lowest BCUT2D eigenvalue weighted by Gasteiger charge is -1.99. The Morgan fingerprint density at radius 1 is 1.53 bits per heavy atom. The summed E-state index contributed by atoms with van der Waals surface area (Å²) in [5, 5.41) is 8.83. The Morgan fingerprint density at radius 2 is 2.41 bits per heavy atom. The number of aromatic amines is 1. The Morgan fingerprint density at radius 3 is 3.12 bits per heavy atom. The molecule has 7 heteroatoms. The molecule has 2 heterocycles. The van der Waals surface area contributed by atoms with Crippen LogP contribution in [0.4, 0.5) is 5.95 Å². The van der Waals surface area contributed by atoms with E-state index in [2.05, 4.69) is 25.5 Å². The van der Waals surface area contributed by atoms with Crippen molar-refractivity contribution in [2.75, 3.05) is 11.9 Å². The molecule has 17 heavy (non-hydrogen) atoms. The molecular weight excluding hydrogens is 222 g/mol. The van der Waals surface area contributed by atoms with Crippen LogP contribution in [0.15, 0.2) is 24.4 Å². The van der Waals surface area contributed by atoms with Gasteiger partial charge in [-0.15, -0.1) is 5.10 Å². The molecule has 1 amide bonds. The van der Waals surface area contributed by atoms with E-state index in [9.17, 15) is 4.79 Å². The number of rotatable bonds is 4. The van der Waals surface area contributed by atoms with E-state index in [4.69, 9.17) is 4.74 Å². The van der Waals surface area contributed by atoms with Crippen molar-refractivity contribution in [1.29, 1.82) is 0 Å². The molecule has 7 nitrogen and oxygen atoms in total. The number of aromatic nitrogens is 4. The third-order valence-corrected chi connectivity index (χ3v) is 1.87. The van der Waals surface area contributed by atoms with E-state index >= 15 is 0 Å². The highest BCUT2D eigenvalue weighted by Gasteiger charge is 2.10. The van der Waals surface area contributed by atoms with Crippen LogP contribution in [0, 0.1) is 0 Å². The van der Waals surface area contributed by atoms with Crippen LogP contribution in [0.5, 0.6) is 6.01 Å². The summed E-state index contributed by atoms with van der Waals surface area (Å²) in [5.41, 5.74) is 0.307. The van der Waals surface area contributed by atoms with Crippen LogP contribution in [0.1, 0.15) is 17.4 Å². The van der Waals surface area contributed by atoms with Gasteiger partial charge in [-0.2, -0.15) is 4.98 Å². The van der Waals surface area contributed by atoms with E-state index in [0.717, 1.165) is 0 Å². The van der Waals surface area contributed by atoms with Crippen molar-refractivity contribution in [3.8, 4) is 6.01 Å². The van der Waals surface area contributed by atoms with Gasteiger partial charge in [0.2, 0.25) is 5.95 Å². The average Bonchev–Trinajstić information content (AvgIpc) is 2.78. The maximum atomic E-state index is 11.7. The van der Waals surface area contributed by atoms with Crippen molar-refractivity contribution in [3.05, 3.63) is 30.1 Å². The molecule has 0 aliphatic heterocycles. The van der Waals surface area contributed by atoms with Gasteiger partial charge in [0.1, 0.15) is 5.69 Å². The summed E-state index contributed by atoms with van der Waals surface area (Å²) in [4.78, 5) is 19.5. The number of hydrogen-bond donors (Lipinski definition) is 2. The number of H-pyrrole nitrogens is 1. The molecule has 0 aliphatic rings. The minimum atomic E-state index is -0.357. The lowest BCUT2D eigenvalue weighted by Crippen LogP contribution is -2.14. The summed E-state index contributed by atoms with van der Waals surface area (Å²) in [5.74, 6) is -0.131. The van der Waals surface area contributed by atoms with Gasteiger partial charge in [-0.05, 0) is 19.1 Å². The maximum Gasteiger partial charge on any atom is 0.337 e. The molecule has 0 bridgehead atoms. The number of nitrogens with one attached hydrogen (secondary N) is 2. The second-order valence-corrected chi connectivity index (χ2v) is 3.07. The number of carbonyl (C=O) groups is 1. The van der Waals surface area contributed by atoms with E-state index < -0.39 is 0 Å².